The van der Waals surface area contributed by atoms with E-state index in [1.165, 1.54) is 18.1 Å². The Hall–Kier alpha value is -5.96. The molecule has 0 aromatic heterocycles. The van der Waals surface area contributed by atoms with Crippen LogP contribution in [-0.4, -0.2) is 40.7 Å². The number of nitriles is 1. The number of nitrogens with zero attached hydrogens (tertiary/aromatic N) is 3. The summed E-state index contributed by atoms with van der Waals surface area (Å²) in [5, 5.41) is 12.6. The minimum Gasteiger partial charge on any atom is -0.493 e. The van der Waals surface area contributed by atoms with E-state index < -0.39 is 17.9 Å². The number of hydrogen-bond acceptors (Lipinski definition) is 7. The molecule has 1 aliphatic rings. The van der Waals surface area contributed by atoms with Gasteiger partial charge in [0.1, 0.15) is 12.2 Å². The van der Waals surface area contributed by atoms with Crippen LogP contribution in [0.1, 0.15) is 40.8 Å². The number of rotatable bonds is 13. The van der Waals surface area contributed by atoms with Crippen LogP contribution < -0.4 is 14.8 Å². The molecule has 4 aromatic carbocycles. The molecule has 0 bridgehead atoms. The summed E-state index contributed by atoms with van der Waals surface area (Å²) in [6.07, 6.45) is 8.04. The van der Waals surface area contributed by atoms with Crippen LogP contribution in [0.4, 0.5) is 0 Å². The monoisotopic (exact) mass is 786 g/mol. The largest absolute Gasteiger partial charge is 0.493 e. The van der Waals surface area contributed by atoms with Crippen molar-refractivity contribution in [2.45, 2.75) is 19.6 Å². The number of hydrogen-bond donors (Lipinski definition) is 1. The second-order valence-corrected chi connectivity index (χ2v) is 13.2. The number of amidine groups is 1. The van der Waals surface area contributed by atoms with Crippen LogP contribution >= 0.6 is 27.7 Å². The van der Waals surface area contributed by atoms with Crippen LogP contribution in [0.3, 0.4) is 0 Å². The Morgan fingerprint density at radius 3 is 2.30 bits per heavy atom. The molecule has 0 saturated carbocycles. The molecule has 4 aromatic rings. The summed E-state index contributed by atoms with van der Waals surface area (Å²) >= 11 is 4.53. The number of aliphatic imine (C=N–C) groups is 1. The number of methoxy groups -OCH3 is 1. The van der Waals surface area contributed by atoms with E-state index in [1.54, 1.807) is 61.6 Å². The topological polar surface area (TPSA) is 121 Å². The van der Waals surface area contributed by atoms with E-state index in [-0.39, 0.29) is 29.0 Å². The lowest BCUT2D eigenvalue weighted by Crippen LogP contribution is -2.42. The number of thioether (sulfide) groups is 1. The zero-order valence-corrected chi connectivity index (χ0v) is 31.4. The Morgan fingerprint density at radius 2 is 1.68 bits per heavy atom. The summed E-state index contributed by atoms with van der Waals surface area (Å²) < 4.78 is 12.1. The smallest absolute Gasteiger partial charge is 0.285 e. The minimum absolute atomic E-state index is 0.0585. The summed E-state index contributed by atoms with van der Waals surface area (Å²) in [5.41, 5.74) is 3.72. The molecule has 0 fully saturated rings. The van der Waals surface area contributed by atoms with Crippen LogP contribution in [0.15, 0.2) is 149 Å². The van der Waals surface area contributed by atoms with Crippen LogP contribution in [0.5, 0.6) is 11.5 Å². The summed E-state index contributed by atoms with van der Waals surface area (Å²) in [4.78, 5) is 46.8. The quantitative estimate of drug-likeness (QED) is 0.0823. The molecule has 1 N–H and O–H groups in total. The first-order valence-corrected chi connectivity index (χ1v) is 18.2. The van der Waals surface area contributed by atoms with E-state index in [1.807, 2.05) is 66.7 Å². The molecule has 0 aliphatic carbocycles. The minimum atomic E-state index is -0.761. The van der Waals surface area contributed by atoms with Crippen molar-refractivity contribution in [2.75, 3.05) is 12.9 Å². The molecule has 1 aliphatic heterocycles. The van der Waals surface area contributed by atoms with Crippen LogP contribution in [-0.2, 0) is 21.0 Å². The fraction of sp³-hybridized carbons (Fsp3) is 0.119. The highest BCUT2D eigenvalue weighted by molar-refractivity contribution is 9.10. The maximum atomic E-state index is 14.2. The number of allylic oxidation sites excluding steroid dienone is 4. The van der Waals surface area contributed by atoms with Gasteiger partial charge in [0.05, 0.1) is 30.5 Å². The number of carbonyl (C=O) groups is 3. The van der Waals surface area contributed by atoms with Crippen molar-refractivity contribution in [1.82, 2.24) is 10.2 Å². The lowest BCUT2D eigenvalue weighted by molar-refractivity contribution is -0.126. The molecule has 53 heavy (non-hydrogen) atoms. The molecule has 0 atom stereocenters. The average molecular weight is 788 g/mol. The van der Waals surface area contributed by atoms with Crippen LogP contribution in [0.2, 0.25) is 0 Å². The molecule has 5 rings (SSSR count). The summed E-state index contributed by atoms with van der Waals surface area (Å²) in [5.74, 6) is -1.07. The van der Waals surface area contributed by atoms with E-state index in [9.17, 15) is 19.6 Å². The zero-order valence-electron chi connectivity index (χ0n) is 29.0. The number of nitrogens with one attached hydrogen (secondary N) is 1. The van der Waals surface area contributed by atoms with Crippen LogP contribution in [0, 0.1) is 11.3 Å². The second kappa shape index (κ2) is 18.5. The molecule has 11 heteroatoms. The van der Waals surface area contributed by atoms with E-state index in [0.29, 0.717) is 38.4 Å². The Balaban J connectivity index is 1.42. The van der Waals surface area contributed by atoms with Gasteiger partial charge in [-0.05, 0) is 54.0 Å². The summed E-state index contributed by atoms with van der Waals surface area (Å²) in [6, 6.07) is 31.4. The number of carbonyl (C=O) groups excluding carboxylic acids is 3. The van der Waals surface area contributed by atoms with Crippen molar-refractivity contribution in [3.8, 4) is 17.6 Å². The van der Waals surface area contributed by atoms with Crippen molar-refractivity contribution in [1.29, 1.82) is 5.26 Å². The number of ether oxygens (including phenoxy) is 2. The van der Waals surface area contributed by atoms with Gasteiger partial charge in [0.2, 0.25) is 5.91 Å². The molecule has 0 radical (unpaired) electrons. The third-order valence-electron chi connectivity index (χ3n) is 8.02. The van der Waals surface area contributed by atoms with Crippen molar-refractivity contribution >= 4 is 56.7 Å². The fourth-order valence-corrected chi connectivity index (χ4v) is 6.64. The first-order valence-electron chi connectivity index (χ1n) is 16.4. The fourth-order valence-electron chi connectivity index (χ4n) is 5.39. The molecular weight excluding hydrogens is 752 g/mol. The predicted octanol–water partition coefficient (Wildman–Crippen LogP) is 8.30. The molecule has 9 nitrogen and oxygen atoms in total. The highest BCUT2D eigenvalue weighted by atomic mass is 79.9. The molecule has 0 saturated heterocycles. The number of amides is 3. The highest BCUT2D eigenvalue weighted by Gasteiger charge is 2.35. The average Bonchev–Trinajstić information content (AvgIpc) is 3.19. The lowest BCUT2D eigenvalue weighted by Gasteiger charge is -2.28. The standard InChI is InChI=1S/C42H35BrN4O5S/c1-4-6-21-33(5-2)47-41(50)34(22-32-23-36(51-3)37(24-35(32)43)52-26-31-20-14-13-19-30(31)25-44)40(49)46-42(47)53-27-38(48)45-39(28-15-9-7-10-16-28)29-17-11-8-12-18-29/h4-24,39H,1,26-27H2,2-3H3,(H,45,48)/b21-6-,33-5+,34-22+. The van der Waals surface area contributed by atoms with Gasteiger partial charge in [-0.1, -0.05) is 131 Å². The van der Waals surface area contributed by atoms with Gasteiger partial charge in [-0.2, -0.15) is 10.3 Å². The maximum Gasteiger partial charge on any atom is 0.285 e. The molecule has 0 unspecified atom stereocenters. The van der Waals surface area contributed by atoms with Gasteiger partial charge in [-0.3, -0.25) is 19.3 Å². The van der Waals surface area contributed by atoms with Gasteiger partial charge in [-0.15, -0.1) is 0 Å². The SMILES string of the molecule is C=C/C=C\C(=C/C)N1C(=O)/C(=C/c2cc(OC)c(OCc3ccccc3C#N)cc2Br)C(=O)N=C1SCC(=O)NC(c1ccccc1)c1ccccc1. The third-order valence-corrected chi connectivity index (χ3v) is 9.64. The summed E-state index contributed by atoms with van der Waals surface area (Å²) in [7, 11) is 1.48. The molecule has 3 amide bonds. The van der Waals surface area contributed by atoms with Gasteiger partial charge in [-0.25, -0.2) is 0 Å². The molecule has 266 valence electrons. The lowest BCUT2D eigenvalue weighted by atomic mass is 9.99. The van der Waals surface area contributed by atoms with Crippen molar-refractivity contribution < 1.29 is 23.9 Å². The van der Waals surface area contributed by atoms with E-state index in [2.05, 4.69) is 38.9 Å². The van der Waals surface area contributed by atoms with E-state index >= 15 is 0 Å². The Bertz CT molecular complexity index is 2140. The third kappa shape index (κ3) is 9.48. The Morgan fingerprint density at radius 1 is 1.02 bits per heavy atom. The van der Waals surface area contributed by atoms with E-state index in [0.717, 1.165) is 22.9 Å². The highest BCUT2D eigenvalue weighted by Crippen LogP contribution is 2.36. The number of halogens is 1. The van der Waals surface area contributed by atoms with E-state index in [4.69, 9.17) is 9.47 Å². The first kappa shape index (κ1) is 38.3. The van der Waals surface area contributed by atoms with Gasteiger partial charge in [0.15, 0.2) is 16.7 Å². The van der Waals surface area contributed by atoms with Gasteiger partial charge < -0.3 is 14.8 Å². The number of benzene rings is 4. The van der Waals surface area contributed by atoms with Crippen molar-refractivity contribution in [2.24, 2.45) is 4.99 Å². The normalized spacial score (nSPS) is 13.9. The second-order valence-electron chi connectivity index (χ2n) is 11.4. The van der Waals surface area contributed by atoms with Gasteiger partial charge >= 0.3 is 0 Å². The molecular formula is C42H35BrN4O5S. The van der Waals surface area contributed by atoms with Crippen molar-refractivity contribution in [3.63, 3.8) is 0 Å². The Kier molecular flexibility index (Phi) is 13.4. The maximum absolute atomic E-state index is 14.2. The molecule has 0 spiro atoms. The molecule has 1 heterocycles. The van der Waals surface area contributed by atoms with Crippen LogP contribution in [0.25, 0.3) is 6.08 Å². The Labute approximate surface area is 321 Å². The first-order chi connectivity index (χ1) is 25.8. The predicted molar refractivity (Wildman–Crippen MR) is 212 cm³/mol. The summed E-state index contributed by atoms with van der Waals surface area (Å²) in [6.45, 7) is 5.60. The van der Waals surface area contributed by atoms with Crippen molar-refractivity contribution in [3.05, 3.63) is 172 Å². The van der Waals surface area contributed by atoms with Gasteiger partial charge in [0.25, 0.3) is 11.8 Å². The van der Waals surface area contributed by atoms with Gasteiger partial charge in [0, 0.05) is 15.7 Å². The zero-order chi connectivity index (χ0) is 37.7.